The van der Waals surface area contributed by atoms with Gasteiger partial charge in [0.05, 0.1) is 22.6 Å². The molecule has 0 bridgehead atoms. The Morgan fingerprint density at radius 2 is 1.81 bits per heavy atom. The molecule has 0 unspecified atom stereocenters. The number of carbonyl (C=O) groups excluding carboxylic acids is 1. The predicted octanol–water partition coefficient (Wildman–Crippen LogP) is 3.71. The molecule has 0 fully saturated rings. The number of hydrogen-bond donors (Lipinski definition) is 2. The van der Waals surface area contributed by atoms with Gasteiger partial charge in [-0.25, -0.2) is 0 Å². The van der Waals surface area contributed by atoms with Crippen molar-refractivity contribution in [2.24, 2.45) is 0 Å². The smallest absolute Gasteiger partial charge is 0.258 e. The van der Waals surface area contributed by atoms with Crippen LogP contribution in [0, 0.1) is 0 Å². The molecule has 5 heteroatoms. The van der Waals surface area contributed by atoms with E-state index in [1.807, 2.05) is 24.3 Å². The second kappa shape index (κ2) is 3.50. The number of rotatable bonds is 0. The number of thiophene rings is 1. The second-order valence-electron chi connectivity index (χ2n) is 3.42. The van der Waals surface area contributed by atoms with E-state index in [0.29, 0.717) is 15.6 Å². The SMILES string of the molecule is O=C1Nc2ccccc2Nc2c1csc2Cl. The van der Waals surface area contributed by atoms with E-state index in [9.17, 15) is 4.79 Å². The van der Waals surface area contributed by atoms with Gasteiger partial charge in [0, 0.05) is 5.38 Å². The van der Waals surface area contributed by atoms with Crippen molar-refractivity contribution < 1.29 is 4.79 Å². The van der Waals surface area contributed by atoms with Crippen LogP contribution < -0.4 is 10.6 Å². The van der Waals surface area contributed by atoms with Gasteiger partial charge in [-0.05, 0) is 12.1 Å². The molecule has 16 heavy (non-hydrogen) atoms. The van der Waals surface area contributed by atoms with Crippen LogP contribution in [0.5, 0.6) is 0 Å². The van der Waals surface area contributed by atoms with Crippen LogP contribution in [-0.4, -0.2) is 5.91 Å². The molecule has 0 spiro atoms. The van der Waals surface area contributed by atoms with E-state index in [0.717, 1.165) is 11.4 Å². The van der Waals surface area contributed by atoms with Crippen molar-refractivity contribution in [1.82, 2.24) is 0 Å². The van der Waals surface area contributed by atoms with E-state index < -0.39 is 0 Å². The minimum atomic E-state index is -0.129. The number of fused-ring (bicyclic) bond motifs is 2. The van der Waals surface area contributed by atoms with Gasteiger partial charge in [-0.2, -0.15) is 0 Å². The van der Waals surface area contributed by atoms with E-state index in [1.54, 1.807) is 5.38 Å². The highest BCUT2D eigenvalue weighted by Gasteiger charge is 2.21. The first-order valence-corrected chi connectivity index (χ1v) is 5.96. The van der Waals surface area contributed by atoms with E-state index in [-0.39, 0.29) is 5.91 Å². The number of amides is 1. The van der Waals surface area contributed by atoms with Crippen LogP contribution in [0.3, 0.4) is 0 Å². The summed E-state index contributed by atoms with van der Waals surface area (Å²) in [6, 6.07) is 7.53. The molecule has 2 N–H and O–H groups in total. The molecule has 1 amide bonds. The first-order chi connectivity index (χ1) is 7.75. The molecule has 0 saturated heterocycles. The molecular weight excluding hydrogens is 244 g/mol. The zero-order valence-electron chi connectivity index (χ0n) is 8.08. The van der Waals surface area contributed by atoms with E-state index >= 15 is 0 Å². The molecule has 1 aliphatic heterocycles. The summed E-state index contributed by atoms with van der Waals surface area (Å²) >= 11 is 7.39. The van der Waals surface area contributed by atoms with E-state index in [1.165, 1.54) is 11.3 Å². The van der Waals surface area contributed by atoms with Gasteiger partial charge in [-0.1, -0.05) is 23.7 Å². The van der Waals surface area contributed by atoms with Crippen molar-refractivity contribution in [1.29, 1.82) is 0 Å². The van der Waals surface area contributed by atoms with Crippen molar-refractivity contribution in [3.05, 3.63) is 39.5 Å². The Hall–Kier alpha value is -1.52. The third kappa shape index (κ3) is 1.38. The second-order valence-corrected chi connectivity index (χ2v) is 4.90. The number of carbonyl (C=O) groups is 1. The fourth-order valence-corrected chi connectivity index (χ4v) is 2.65. The molecule has 3 rings (SSSR count). The molecular formula is C11H7ClN2OS. The molecule has 0 radical (unpaired) electrons. The Morgan fingerprint density at radius 3 is 2.56 bits per heavy atom. The molecule has 2 aromatic rings. The fraction of sp³-hybridized carbons (Fsp3) is 0. The van der Waals surface area contributed by atoms with Crippen molar-refractivity contribution in [3.8, 4) is 0 Å². The quantitative estimate of drug-likeness (QED) is 0.748. The van der Waals surface area contributed by atoms with Crippen LogP contribution in [0.1, 0.15) is 10.4 Å². The lowest BCUT2D eigenvalue weighted by Gasteiger charge is -2.06. The third-order valence-corrected chi connectivity index (χ3v) is 3.65. The van der Waals surface area contributed by atoms with Crippen LogP contribution in [0.2, 0.25) is 4.34 Å². The highest BCUT2D eigenvalue weighted by atomic mass is 35.5. The zero-order valence-corrected chi connectivity index (χ0v) is 9.65. The number of anilines is 3. The van der Waals surface area contributed by atoms with Gasteiger partial charge in [-0.15, -0.1) is 11.3 Å². The zero-order chi connectivity index (χ0) is 11.1. The highest BCUT2D eigenvalue weighted by Crippen LogP contribution is 2.39. The van der Waals surface area contributed by atoms with Gasteiger partial charge in [0.25, 0.3) is 5.91 Å². The normalized spacial score (nSPS) is 13.2. The summed E-state index contributed by atoms with van der Waals surface area (Å²) in [4.78, 5) is 11.9. The number of hydrogen-bond acceptors (Lipinski definition) is 3. The van der Waals surface area contributed by atoms with Crippen LogP contribution in [0.15, 0.2) is 29.6 Å². The van der Waals surface area contributed by atoms with Crippen LogP contribution in [0.25, 0.3) is 0 Å². The monoisotopic (exact) mass is 250 g/mol. The number of para-hydroxylation sites is 2. The molecule has 3 nitrogen and oxygen atoms in total. The van der Waals surface area contributed by atoms with Crippen molar-refractivity contribution >= 4 is 45.9 Å². The first-order valence-electron chi connectivity index (χ1n) is 4.70. The van der Waals surface area contributed by atoms with Gasteiger partial charge in [0.15, 0.2) is 0 Å². The summed E-state index contributed by atoms with van der Waals surface area (Å²) in [5.41, 5.74) is 2.90. The average molecular weight is 251 g/mol. The van der Waals surface area contributed by atoms with Gasteiger partial charge >= 0.3 is 0 Å². The predicted molar refractivity (Wildman–Crippen MR) is 67.0 cm³/mol. The molecule has 0 saturated carbocycles. The lowest BCUT2D eigenvalue weighted by atomic mass is 10.2. The minimum absolute atomic E-state index is 0.129. The maximum atomic E-state index is 11.9. The minimum Gasteiger partial charge on any atom is -0.351 e. The molecule has 1 aromatic heterocycles. The Balaban J connectivity index is 2.20. The molecule has 1 aliphatic rings. The third-order valence-electron chi connectivity index (χ3n) is 2.43. The summed E-state index contributed by atoms with van der Waals surface area (Å²) in [7, 11) is 0. The topological polar surface area (TPSA) is 41.1 Å². The summed E-state index contributed by atoms with van der Waals surface area (Å²) in [5, 5.41) is 7.77. The van der Waals surface area contributed by atoms with Crippen LogP contribution in [-0.2, 0) is 0 Å². The number of nitrogens with one attached hydrogen (secondary N) is 2. The van der Waals surface area contributed by atoms with E-state index in [4.69, 9.17) is 11.6 Å². The van der Waals surface area contributed by atoms with Crippen molar-refractivity contribution in [2.45, 2.75) is 0 Å². The van der Waals surface area contributed by atoms with Gasteiger partial charge in [-0.3, -0.25) is 4.79 Å². The molecule has 1 aromatic carbocycles. The molecule has 80 valence electrons. The Kier molecular flexibility index (Phi) is 2.12. The van der Waals surface area contributed by atoms with Gasteiger partial charge in [0.2, 0.25) is 0 Å². The lowest BCUT2D eigenvalue weighted by Crippen LogP contribution is -2.09. The Morgan fingerprint density at radius 1 is 1.12 bits per heavy atom. The molecule has 0 aliphatic carbocycles. The number of benzene rings is 1. The summed E-state index contributed by atoms with van der Waals surface area (Å²) in [5.74, 6) is -0.129. The van der Waals surface area contributed by atoms with Crippen molar-refractivity contribution in [3.63, 3.8) is 0 Å². The largest absolute Gasteiger partial charge is 0.351 e. The maximum Gasteiger partial charge on any atom is 0.258 e. The standard InChI is InChI=1S/C11H7ClN2OS/c12-10-9-6(5-16-10)11(15)14-8-4-2-1-3-7(8)13-9/h1-5,13H,(H,14,15). The summed E-state index contributed by atoms with van der Waals surface area (Å²) < 4.78 is 0.599. The molecule has 2 heterocycles. The van der Waals surface area contributed by atoms with Gasteiger partial charge in [0.1, 0.15) is 4.34 Å². The highest BCUT2D eigenvalue weighted by molar-refractivity contribution is 7.15. The lowest BCUT2D eigenvalue weighted by molar-refractivity contribution is 0.102. The maximum absolute atomic E-state index is 11.9. The fourth-order valence-electron chi connectivity index (χ4n) is 1.64. The summed E-state index contributed by atoms with van der Waals surface area (Å²) in [6.45, 7) is 0. The Bertz CT molecular complexity index is 579. The van der Waals surface area contributed by atoms with Gasteiger partial charge < -0.3 is 10.6 Å². The average Bonchev–Trinajstić information content (AvgIpc) is 2.57. The van der Waals surface area contributed by atoms with Crippen LogP contribution in [0.4, 0.5) is 17.1 Å². The first kappa shape index (κ1) is 9.69. The molecule has 0 atom stereocenters. The van der Waals surface area contributed by atoms with Crippen LogP contribution >= 0.6 is 22.9 Å². The summed E-state index contributed by atoms with van der Waals surface area (Å²) in [6.07, 6.45) is 0. The Labute approximate surface area is 101 Å². The number of halogens is 1. The van der Waals surface area contributed by atoms with Crippen molar-refractivity contribution in [2.75, 3.05) is 10.6 Å². The van der Waals surface area contributed by atoms with E-state index in [2.05, 4.69) is 10.6 Å².